The molecule has 0 unspecified atom stereocenters. The van der Waals surface area contributed by atoms with E-state index in [9.17, 15) is 4.39 Å². The van der Waals surface area contributed by atoms with Crippen LogP contribution in [-0.4, -0.2) is 42.7 Å². The molecular weight excluding hydrogens is 453 g/mol. The lowest BCUT2D eigenvalue weighted by molar-refractivity contribution is 0.175. The highest BCUT2D eigenvalue weighted by Crippen LogP contribution is 2.30. The first-order valence-corrected chi connectivity index (χ1v) is 12.8. The van der Waals surface area contributed by atoms with E-state index < -0.39 is 5.82 Å². The van der Waals surface area contributed by atoms with Crippen molar-refractivity contribution in [1.29, 1.82) is 0 Å². The number of nitrogens with one attached hydrogen (secondary N) is 1. The highest BCUT2D eigenvalue weighted by atomic mass is 19.1. The number of piperidine rings is 1. The molecule has 1 aliphatic rings. The topological polar surface area (TPSA) is 71.8 Å². The van der Waals surface area contributed by atoms with Crippen LogP contribution < -0.4 is 5.32 Å². The van der Waals surface area contributed by atoms with Crippen LogP contribution in [0.1, 0.15) is 57.2 Å². The molecule has 0 atom stereocenters. The second-order valence-corrected chi connectivity index (χ2v) is 10.1. The third kappa shape index (κ3) is 5.09. The molecular formula is C28H34FN7. The molecule has 8 heteroatoms. The number of anilines is 2. The maximum absolute atomic E-state index is 14.8. The lowest BCUT2D eigenvalue weighted by Crippen LogP contribution is -2.33. The summed E-state index contributed by atoms with van der Waals surface area (Å²) < 4.78 is 16.7. The molecule has 0 bridgehead atoms. The van der Waals surface area contributed by atoms with E-state index in [1.807, 2.05) is 42.2 Å². The Bertz CT molecular complexity index is 1340. The minimum absolute atomic E-state index is 0.250. The van der Waals surface area contributed by atoms with Crippen LogP contribution in [0.5, 0.6) is 0 Å². The Hall–Kier alpha value is -3.39. The van der Waals surface area contributed by atoms with Gasteiger partial charge in [0.1, 0.15) is 11.5 Å². The van der Waals surface area contributed by atoms with Crippen molar-refractivity contribution in [2.24, 2.45) is 13.0 Å². The molecule has 1 N–H and O–H groups in total. The Labute approximate surface area is 211 Å². The van der Waals surface area contributed by atoms with Gasteiger partial charge in [-0.15, -0.1) is 0 Å². The van der Waals surface area contributed by atoms with E-state index in [-0.39, 0.29) is 5.69 Å². The Morgan fingerprint density at radius 2 is 1.89 bits per heavy atom. The van der Waals surface area contributed by atoms with Gasteiger partial charge in [-0.2, -0.15) is 5.10 Å². The van der Waals surface area contributed by atoms with Gasteiger partial charge in [-0.3, -0.25) is 9.58 Å². The van der Waals surface area contributed by atoms with Gasteiger partial charge in [0.2, 0.25) is 5.95 Å². The molecule has 5 rings (SSSR count). The molecule has 3 aromatic heterocycles. The number of hydrogen-bond acceptors (Lipinski definition) is 6. The number of rotatable bonds is 7. The Morgan fingerprint density at radius 1 is 1.08 bits per heavy atom. The number of hydrogen-bond donors (Lipinski definition) is 1. The SMILES string of the molecule is CCC1CCN(Cc2ccc(Nc3ncc(F)c(-c4ccc5nn(C)c(C(C)C)c5c4)n3)nc2)CC1. The number of aromatic nitrogens is 5. The van der Waals surface area contributed by atoms with Crippen LogP contribution in [0.4, 0.5) is 16.2 Å². The van der Waals surface area contributed by atoms with Crippen molar-refractivity contribution in [3.8, 4) is 11.3 Å². The van der Waals surface area contributed by atoms with Crippen LogP contribution in [-0.2, 0) is 13.6 Å². The number of likely N-dealkylation sites (tertiary alicyclic amines) is 1. The number of aryl methyl sites for hydroxylation is 1. The van der Waals surface area contributed by atoms with Crippen molar-refractivity contribution in [3.63, 3.8) is 0 Å². The van der Waals surface area contributed by atoms with Crippen molar-refractivity contribution in [2.75, 3.05) is 18.4 Å². The normalized spacial score (nSPS) is 15.2. The van der Waals surface area contributed by atoms with Crippen molar-refractivity contribution in [3.05, 3.63) is 59.8 Å². The highest BCUT2D eigenvalue weighted by Gasteiger charge is 2.18. The lowest BCUT2D eigenvalue weighted by atomic mass is 9.94. The number of pyridine rings is 1. The minimum Gasteiger partial charge on any atom is -0.309 e. The van der Waals surface area contributed by atoms with E-state index in [1.165, 1.54) is 31.0 Å². The first-order valence-electron chi connectivity index (χ1n) is 12.8. The van der Waals surface area contributed by atoms with Crippen molar-refractivity contribution in [2.45, 2.75) is 52.5 Å². The molecule has 4 heterocycles. The molecule has 0 amide bonds. The molecule has 4 aromatic rings. The van der Waals surface area contributed by atoms with Crippen molar-refractivity contribution in [1.82, 2.24) is 29.6 Å². The third-order valence-corrected chi connectivity index (χ3v) is 7.20. The second kappa shape index (κ2) is 10.3. The van der Waals surface area contributed by atoms with E-state index in [0.29, 0.717) is 23.2 Å². The van der Waals surface area contributed by atoms with Gasteiger partial charge >= 0.3 is 0 Å². The first kappa shape index (κ1) is 24.3. The van der Waals surface area contributed by atoms with Crippen molar-refractivity contribution < 1.29 is 4.39 Å². The Morgan fingerprint density at radius 3 is 2.58 bits per heavy atom. The van der Waals surface area contributed by atoms with E-state index in [2.05, 4.69) is 57.1 Å². The van der Waals surface area contributed by atoms with E-state index in [1.54, 1.807) is 0 Å². The van der Waals surface area contributed by atoms with Gasteiger partial charge in [0.15, 0.2) is 5.82 Å². The van der Waals surface area contributed by atoms with Crippen LogP contribution in [0.2, 0.25) is 0 Å². The largest absolute Gasteiger partial charge is 0.309 e. The smallest absolute Gasteiger partial charge is 0.229 e. The summed E-state index contributed by atoms with van der Waals surface area (Å²) in [5.74, 6) is 1.63. The second-order valence-electron chi connectivity index (χ2n) is 10.1. The highest BCUT2D eigenvalue weighted by molar-refractivity contribution is 5.86. The average Bonchev–Trinajstić information content (AvgIpc) is 3.22. The fraction of sp³-hybridized carbons (Fsp3) is 0.429. The zero-order valence-electron chi connectivity index (χ0n) is 21.5. The number of benzene rings is 1. The summed E-state index contributed by atoms with van der Waals surface area (Å²) in [5.41, 5.74) is 4.12. The molecule has 1 aromatic carbocycles. The quantitative estimate of drug-likeness (QED) is 0.342. The van der Waals surface area contributed by atoms with Crippen LogP contribution in [0, 0.1) is 11.7 Å². The van der Waals surface area contributed by atoms with Gasteiger partial charge in [-0.25, -0.2) is 19.3 Å². The van der Waals surface area contributed by atoms with E-state index in [0.717, 1.165) is 42.1 Å². The molecule has 0 aliphatic carbocycles. The minimum atomic E-state index is -0.468. The number of nitrogens with zero attached hydrogens (tertiary/aromatic N) is 6. The van der Waals surface area contributed by atoms with Gasteiger partial charge in [0.05, 0.1) is 11.7 Å². The van der Waals surface area contributed by atoms with Crippen LogP contribution in [0.3, 0.4) is 0 Å². The van der Waals surface area contributed by atoms with Crippen LogP contribution in [0.25, 0.3) is 22.2 Å². The Kier molecular flexibility index (Phi) is 6.96. The van der Waals surface area contributed by atoms with Gasteiger partial charge < -0.3 is 5.32 Å². The fourth-order valence-corrected chi connectivity index (χ4v) is 5.20. The lowest BCUT2D eigenvalue weighted by Gasteiger charge is -2.31. The molecule has 36 heavy (non-hydrogen) atoms. The third-order valence-electron chi connectivity index (χ3n) is 7.20. The maximum atomic E-state index is 14.8. The van der Waals surface area contributed by atoms with Crippen LogP contribution >= 0.6 is 0 Å². The summed E-state index contributed by atoms with van der Waals surface area (Å²) in [4.78, 5) is 15.7. The van der Waals surface area contributed by atoms with E-state index in [4.69, 9.17) is 0 Å². The summed E-state index contributed by atoms with van der Waals surface area (Å²) in [5, 5.41) is 8.72. The molecule has 188 valence electrons. The van der Waals surface area contributed by atoms with Crippen molar-refractivity contribution >= 4 is 22.7 Å². The molecule has 1 saturated heterocycles. The van der Waals surface area contributed by atoms with E-state index >= 15 is 0 Å². The molecule has 0 radical (unpaired) electrons. The monoisotopic (exact) mass is 487 g/mol. The fourth-order valence-electron chi connectivity index (χ4n) is 5.20. The molecule has 0 spiro atoms. The molecule has 0 saturated carbocycles. The summed E-state index contributed by atoms with van der Waals surface area (Å²) in [6.07, 6.45) is 6.93. The maximum Gasteiger partial charge on any atom is 0.229 e. The van der Waals surface area contributed by atoms with Crippen LogP contribution in [0.15, 0.2) is 42.7 Å². The van der Waals surface area contributed by atoms with Gasteiger partial charge in [0.25, 0.3) is 0 Å². The molecule has 1 fully saturated rings. The summed E-state index contributed by atoms with van der Waals surface area (Å²) in [6, 6.07) is 9.73. The summed E-state index contributed by atoms with van der Waals surface area (Å²) >= 11 is 0. The predicted molar refractivity (Wildman–Crippen MR) is 142 cm³/mol. The summed E-state index contributed by atoms with van der Waals surface area (Å²) in [6.45, 7) is 9.75. The number of halogens is 1. The zero-order valence-corrected chi connectivity index (χ0v) is 21.5. The number of fused-ring (bicyclic) bond motifs is 1. The van der Waals surface area contributed by atoms with Gasteiger partial charge in [0, 0.05) is 36.4 Å². The first-order chi connectivity index (χ1) is 17.4. The van der Waals surface area contributed by atoms with Gasteiger partial charge in [-0.05, 0) is 61.5 Å². The Balaban J connectivity index is 1.32. The molecule has 1 aliphatic heterocycles. The zero-order chi connectivity index (χ0) is 25.2. The summed E-state index contributed by atoms with van der Waals surface area (Å²) in [7, 11) is 1.94. The average molecular weight is 488 g/mol. The molecule has 7 nitrogen and oxygen atoms in total. The standard InChI is InChI=1S/C28H34FN7/c1-5-19-10-12-36(13-11-19)17-20-6-9-25(30-15-20)32-28-31-16-23(29)26(33-28)21-7-8-24-22(14-21)27(18(2)3)35(4)34-24/h6-9,14-16,18-19H,5,10-13,17H2,1-4H3,(H,30,31,32,33). The van der Waals surface area contributed by atoms with Gasteiger partial charge in [-0.1, -0.05) is 39.3 Å². The predicted octanol–water partition coefficient (Wildman–Crippen LogP) is 6.05.